The summed E-state index contributed by atoms with van der Waals surface area (Å²) in [6, 6.07) is 6.54. The molecule has 0 radical (unpaired) electrons. The molecule has 1 heterocycles. The van der Waals surface area contributed by atoms with Crippen LogP contribution in [0.4, 0.5) is 4.39 Å². The van der Waals surface area contributed by atoms with Gasteiger partial charge in [-0.25, -0.2) is 4.39 Å². The van der Waals surface area contributed by atoms with E-state index in [1.165, 1.54) is 13.2 Å². The molecule has 0 aliphatic carbocycles. The van der Waals surface area contributed by atoms with Crippen molar-refractivity contribution in [2.24, 2.45) is 5.92 Å². The largest absolute Gasteiger partial charge is 0.468 e. The van der Waals surface area contributed by atoms with Crippen molar-refractivity contribution in [1.82, 2.24) is 5.32 Å². The van der Waals surface area contributed by atoms with Crippen molar-refractivity contribution in [2.75, 3.05) is 13.7 Å². The number of halogens is 1. The lowest BCUT2D eigenvalue weighted by Gasteiger charge is -2.09. The van der Waals surface area contributed by atoms with Crippen LogP contribution in [-0.4, -0.2) is 25.7 Å². The van der Waals surface area contributed by atoms with Crippen LogP contribution in [-0.2, 0) is 16.0 Å². The van der Waals surface area contributed by atoms with E-state index in [4.69, 9.17) is 0 Å². The maximum absolute atomic E-state index is 13.5. The molecule has 1 aromatic rings. The predicted octanol–water partition coefficient (Wildman–Crippen LogP) is 1.52. The Labute approximate surface area is 100.0 Å². The van der Waals surface area contributed by atoms with Gasteiger partial charge in [0.2, 0.25) is 0 Å². The topological polar surface area (TPSA) is 38.3 Å². The number of esters is 1. The third-order valence-electron chi connectivity index (χ3n) is 3.17. The van der Waals surface area contributed by atoms with Gasteiger partial charge in [-0.2, -0.15) is 0 Å². The highest BCUT2D eigenvalue weighted by Crippen LogP contribution is 2.21. The molecule has 1 saturated heterocycles. The fourth-order valence-corrected chi connectivity index (χ4v) is 2.26. The Kier molecular flexibility index (Phi) is 3.74. The Morgan fingerprint density at radius 3 is 3.00 bits per heavy atom. The van der Waals surface area contributed by atoms with Crippen LogP contribution < -0.4 is 5.32 Å². The first-order valence-electron chi connectivity index (χ1n) is 5.75. The highest BCUT2D eigenvalue weighted by molar-refractivity contribution is 5.76. The first kappa shape index (κ1) is 12.0. The fraction of sp³-hybridized carbons (Fsp3) is 0.462. The van der Waals surface area contributed by atoms with Gasteiger partial charge in [0.15, 0.2) is 0 Å². The van der Waals surface area contributed by atoms with Crippen LogP contribution in [0.5, 0.6) is 0 Å². The second-order valence-corrected chi connectivity index (χ2v) is 4.38. The van der Waals surface area contributed by atoms with Gasteiger partial charge in [0.1, 0.15) is 11.9 Å². The zero-order valence-corrected chi connectivity index (χ0v) is 9.78. The first-order valence-corrected chi connectivity index (χ1v) is 5.75. The molecule has 0 aromatic heterocycles. The molecule has 1 aliphatic heterocycles. The highest BCUT2D eigenvalue weighted by atomic mass is 19.1. The van der Waals surface area contributed by atoms with Crippen LogP contribution in [0.25, 0.3) is 0 Å². The van der Waals surface area contributed by atoms with E-state index in [0.717, 1.165) is 6.54 Å². The van der Waals surface area contributed by atoms with Crippen molar-refractivity contribution >= 4 is 5.97 Å². The minimum atomic E-state index is -0.239. The van der Waals surface area contributed by atoms with E-state index in [-0.39, 0.29) is 23.7 Å². The predicted molar refractivity (Wildman–Crippen MR) is 62.0 cm³/mol. The minimum absolute atomic E-state index is 0.172. The molecule has 3 nitrogen and oxygen atoms in total. The Bertz CT molecular complexity index is 408. The van der Waals surface area contributed by atoms with E-state index in [2.05, 4.69) is 10.1 Å². The van der Waals surface area contributed by atoms with E-state index in [0.29, 0.717) is 18.4 Å². The second kappa shape index (κ2) is 5.27. The standard InChI is InChI=1S/C13H16FNO2/c1-17-13(16)12-7-9(8-15-12)6-10-4-2-3-5-11(10)14/h2-5,9,12,15H,6-8H2,1H3. The van der Waals surface area contributed by atoms with Crippen molar-refractivity contribution in [3.63, 3.8) is 0 Å². The molecule has 1 N–H and O–H groups in total. The number of methoxy groups -OCH3 is 1. The quantitative estimate of drug-likeness (QED) is 0.810. The molecule has 0 bridgehead atoms. The Balaban J connectivity index is 1.94. The molecule has 0 saturated carbocycles. The van der Waals surface area contributed by atoms with Gasteiger partial charge in [0.25, 0.3) is 0 Å². The Morgan fingerprint density at radius 2 is 2.29 bits per heavy atom. The van der Waals surface area contributed by atoms with Gasteiger partial charge >= 0.3 is 5.97 Å². The molecule has 0 amide bonds. The number of rotatable bonds is 3. The molecule has 1 aromatic carbocycles. The van der Waals surface area contributed by atoms with Crippen LogP contribution >= 0.6 is 0 Å². The van der Waals surface area contributed by atoms with Crippen LogP contribution in [0, 0.1) is 11.7 Å². The molecular formula is C13H16FNO2. The molecular weight excluding hydrogens is 221 g/mol. The summed E-state index contributed by atoms with van der Waals surface area (Å²) in [5, 5.41) is 3.10. The molecule has 4 heteroatoms. The molecule has 2 atom stereocenters. The average Bonchev–Trinajstić information content (AvgIpc) is 2.80. The zero-order chi connectivity index (χ0) is 12.3. The van der Waals surface area contributed by atoms with Crippen molar-refractivity contribution in [3.8, 4) is 0 Å². The second-order valence-electron chi connectivity index (χ2n) is 4.38. The summed E-state index contributed by atoms with van der Waals surface area (Å²) in [6.45, 7) is 0.730. The van der Waals surface area contributed by atoms with Gasteiger partial charge in [-0.3, -0.25) is 4.79 Å². The third kappa shape index (κ3) is 2.82. The fourth-order valence-electron chi connectivity index (χ4n) is 2.26. The van der Waals surface area contributed by atoms with Crippen LogP contribution in [0.15, 0.2) is 24.3 Å². The minimum Gasteiger partial charge on any atom is -0.468 e. The smallest absolute Gasteiger partial charge is 0.322 e. The SMILES string of the molecule is COC(=O)C1CC(Cc2ccccc2F)CN1. The molecule has 2 rings (SSSR count). The Hall–Kier alpha value is -1.42. The summed E-state index contributed by atoms with van der Waals surface area (Å²) >= 11 is 0. The number of hydrogen-bond donors (Lipinski definition) is 1. The summed E-state index contributed by atoms with van der Waals surface area (Å²) in [7, 11) is 1.38. The molecule has 1 aliphatic rings. The molecule has 17 heavy (non-hydrogen) atoms. The number of carbonyl (C=O) groups excluding carboxylic acids is 1. The van der Waals surface area contributed by atoms with Gasteiger partial charge in [0.05, 0.1) is 7.11 Å². The lowest BCUT2D eigenvalue weighted by Crippen LogP contribution is -2.31. The van der Waals surface area contributed by atoms with Crippen molar-refractivity contribution in [3.05, 3.63) is 35.6 Å². The van der Waals surface area contributed by atoms with E-state index >= 15 is 0 Å². The molecule has 0 spiro atoms. The molecule has 92 valence electrons. The molecule has 2 unspecified atom stereocenters. The van der Waals surface area contributed by atoms with E-state index in [9.17, 15) is 9.18 Å². The van der Waals surface area contributed by atoms with E-state index < -0.39 is 0 Å². The maximum atomic E-state index is 13.5. The maximum Gasteiger partial charge on any atom is 0.322 e. The van der Waals surface area contributed by atoms with E-state index in [1.807, 2.05) is 6.07 Å². The van der Waals surface area contributed by atoms with Crippen LogP contribution in [0.2, 0.25) is 0 Å². The third-order valence-corrected chi connectivity index (χ3v) is 3.17. The molecule has 1 fully saturated rings. The summed E-state index contributed by atoms with van der Waals surface area (Å²) in [6.07, 6.45) is 1.37. The zero-order valence-electron chi connectivity index (χ0n) is 9.78. The van der Waals surface area contributed by atoms with Gasteiger partial charge in [-0.05, 0) is 36.9 Å². The normalized spacial score (nSPS) is 23.6. The number of nitrogens with one attached hydrogen (secondary N) is 1. The van der Waals surface area contributed by atoms with Gasteiger partial charge in [-0.1, -0.05) is 18.2 Å². The number of ether oxygens (including phenoxy) is 1. The first-order chi connectivity index (χ1) is 8.20. The lowest BCUT2D eigenvalue weighted by atomic mass is 9.96. The average molecular weight is 237 g/mol. The summed E-state index contributed by atoms with van der Waals surface area (Å²) in [5.74, 6) is -0.119. The number of benzene rings is 1. The monoisotopic (exact) mass is 237 g/mol. The van der Waals surface area contributed by atoms with Crippen LogP contribution in [0.3, 0.4) is 0 Å². The number of carbonyl (C=O) groups is 1. The van der Waals surface area contributed by atoms with Crippen molar-refractivity contribution < 1.29 is 13.9 Å². The lowest BCUT2D eigenvalue weighted by molar-refractivity contribution is -0.142. The highest BCUT2D eigenvalue weighted by Gasteiger charge is 2.30. The summed E-state index contributed by atoms with van der Waals surface area (Å²) in [5.41, 5.74) is 0.713. The van der Waals surface area contributed by atoms with Crippen molar-refractivity contribution in [2.45, 2.75) is 18.9 Å². The van der Waals surface area contributed by atoms with Crippen LogP contribution in [0.1, 0.15) is 12.0 Å². The summed E-state index contributed by atoms with van der Waals surface area (Å²) < 4.78 is 18.1. The van der Waals surface area contributed by atoms with E-state index in [1.54, 1.807) is 12.1 Å². The number of hydrogen-bond acceptors (Lipinski definition) is 3. The van der Waals surface area contributed by atoms with Crippen molar-refractivity contribution in [1.29, 1.82) is 0 Å². The van der Waals surface area contributed by atoms with Gasteiger partial charge in [-0.15, -0.1) is 0 Å². The summed E-state index contributed by atoms with van der Waals surface area (Å²) in [4.78, 5) is 11.3. The van der Waals surface area contributed by atoms with Gasteiger partial charge < -0.3 is 10.1 Å². The van der Waals surface area contributed by atoms with Gasteiger partial charge in [0, 0.05) is 0 Å². The Morgan fingerprint density at radius 1 is 1.53 bits per heavy atom.